The van der Waals surface area contributed by atoms with Crippen LogP contribution in [-0.2, 0) is 13.1 Å². The SMILES string of the molecule is CN1[C]N(Cc2ccccc2)C=C1c1cnnn1Cc1ccccc1. The van der Waals surface area contributed by atoms with Gasteiger partial charge in [-0.25, -0.2) is 4.68 Å². The van der Waals surface area contributed by atoms with Crippen molar-refractivity contribution in [3.05, 3.63) is 96.5 Å². The number of hydrogen-bond donors (Lipinski definition) is 0. The van der Waals surface area contributed by atoms with Crippen molar-refractivity contribution in [1.29, 1.82) is 0 Å². The van der Waals surface area contributed by atoms with Gasteiger partial charge in [0.1, 0.15) is 5.69 Å². The van der Waals surface area contributed by atoms with Crippen molar-refractivity contribution in [2.75, 3.05) is 7.05 Å². The Morgan fingerprint density at radius 2 is 1.52 bits per heavy atom. The minimum atomic E-state index is 0.694. The molecule has 0 aliphatic carbocycles. The molecule has 124 valence electrons. The highest BCUT2D eigenvalue weighted by molar-refractivity contribution is 5.62. The van der Waals surface area contributed by atoms with Crippen molar-refractivity contribution >= 4 is 5.70 Å². The highest BCUT2D eigenvalue weighted by Crippen LogP contribution is 2.27. The highest BCUT2D eigenvalue weighted by atomic mass is 15.4. The minimum absolute atomic E-state index is 0.694. The number of benzene rings is 2. The lowest BCUT2D eigenvalue weighted by Crippen LogP contribution is -2.18. The molecule has 0 fully saturated rings. The molecule has 0 N–H and O–H groups in total. The molecular weight excluding hydrogens is 310 g/mol. The second-order valence-corrected chi connectivity index (χ2v) is 6.05. The molecule has 3 aromatic rings. The van der Waals surface area contributed by atoms with E-state index >= 15 is 0 Å². The Bertz CT molecular complexity index is 854. The van der Waals surface area contributed by atoms with Crippen LogP contribution in [0.1, 0.15) is 16.8 Å². The van der Waals surface area contributed by atoms with Crippen molar-refractivity contribution in [1.82, 2.24) is 24.8 Å². The normalized spacial score (nSPS) is 14.0. The van der Waals surface area contributed by atoms with E-state index in [4.69, 9.17) is 0 Å². The summed E-state index contributed by atoms with van der Waals surface area (Å²) in [6.07, 6.45) is 3.89. The molecule has 1 aliphatic rings. The summed E-state index contributed by atoms with van der Waals surface area (Å²) in [4.78, 5) is 4.05. The maximum absolute atomic E-state index is 4.25. The van der Waals surface area contributed by atoms with Gasteiger partial charge in [0.15, 0.2) is 0 Å². The van der Waals surface area contributed by atoms with Crippen molar-refractivity contribution in [3.63, 3.8) is 0 Å². The summed E-state index contributed by atoms with van der Waals surface area (Å²) in [6, 6.07) is 20.7. The van der Waals surface area contributed by atoms with Gasteiger partial charge in [-0.3, -0.25) is 0 Å². The zero-order chi connectivity index (χ0) is 17.1. The maximum atomic E-state index is 4.25. The van der Waals surface area contributed by atoms with Crippen LogP contribution >= 0.6 is 0 Å². The summed E-state index contributed by atoms with van der Waals surface area (Å²) >= 11 is 0. The zero-order valence-electron chi connectivity index (χ0n) is 14.1. The van der Waals surface area contributed by atoms with Crippen molar-refractivity contribution in [2.24, 2.45) is 0 Å². The average Bonchev–Trinajstić information content (AvgIpc) is 3.23. The third-order valence-corrected chi connectivity index (χ3v) is 4.17. The maximum Gasteiger partial charge on any atom is 0.208 e. The molecule has 2 heterocycles. The van der Waals surface area contributed by atoms with E-state index in [0.29, 0.717) is 6.54 Å². The Labute approximate surface area is 147 Å². The molecule has 25 heavy (non-hydrogen) atoms. The van der Waals surface area contributed by atoms with Crippen LogP contribution < -0.4 is 0 Å². The highest BCUT2D eigenvalue weighted by Gasteiger charge is 2.24. The summed E-state index contributed by atoms with van der Waals surface area (Å²) < 4.78 is 1.92. The molecule has 0 spiro atoms. The van der Waals surface area contributed by atoms with Gasteiger partial charge in [-0.15, -0.1) is 5.10 Å². The van der Waals surface area contributed by atoms with E-state index in [1.165, 1.54) is 11.1 Å². The Balaban J connectivity index is 1.55. The standard InChI is InChI=1S/C20H19N5/c1-23-16-24(13-17-8-4-2-5-9-17)15-20(23)19-12-21-22-25(19)14-18-10-6-3-7-11-18/h2-12,15H,13-14H2,1H3. The Kier molecular flexibility index (Phi) is 4.21. The van der Waals surface area contributed by atoms with Gasteiger partial charge in [-0.05, 0) is 11.1 Å². The molecule has 4 rings (SSSR count). The van der Waals surface area contributed by atoms with Crippen LogP contribution in [0.2, 0.25) is 0 Å². The first-order valence-corrected chi connectivity index (χ1v) is 8.25. The summed E-state index contributed by atoms with van der Waals surface area (Å²) in [5, 5.41) is 8.36. The fourth-order valence-electron chi connectivity index (χ4n) is 2.94. The fraction of sp³-hybridized carbons (Fsp3) is 0.150. The summed E-state index contributed by atoms with van der Waals surface area (Å²) in [6.45, 7) is 4.82. The number of hydrogen-bond acceptors (Lipinski definition) is 4. The van der Waals surface area contributed by atoms with E-state index < -0.39 is 0 Å². The van der Waals surface area contributed by atoms with Crippen LogP contribution in [0.15, 0.2) is 73.1 Å². The molecule has 0 atom stereocenters. The lowest BCUT2D eigenvalue weighted by atomic mass is 10.2. The molecular formula is C20H19N5. The topological polar surface area (TPSA) is 37.2 Å². The number of aromatic nitrogens is 3. The fourth-order valence-corrected chi connectivity index (χ4v) is 2.94. The summed E-state index contributed by atoms with van der Waals surface area (Å²) in [5.74, 6) is 0. The smallest absolute Gasteiger partial charge is 0.208 e. The van der Waals surface area contributed by atoms with Crippen LogP contribution in [0.5, 0.6) is 0 Å². The summed E-state index contributed by atoms with van der Waals surface area (Å²) in [5.41, 5.74) is 4.47. The van der Waals surface area contributed by atoms with Gasteiger partial charge >= 0.3 is 0 Å². The predicted molar refractivity (Wildman–Crippen MR) is 96.5 cm³/mol. The van der Waals surface area contributed by atoms with Crippen LogP contribution in [0.25, 0.3) is 5.70 Å². The zero-order valence-corrected chi connectivity index (χ0v) is 14.1. The molecule has 5 heteroatoms. The molecule has 2 aromatic carbocycles. The average molecular weight is 329 g/mol. The van der Waals surface area contributed by atoms with E-state index in [9.17, 15) is 0 Å². The summed E-state index contributed by atoms with van der Waals surface area (Å²) in [7, 11) is 2.00. The van der Waals surface area contributed by atoms with Gasteiger partial charge in [-0.2, -0.15) is 0 Å². The van der Waals surface area contributed by atoms with Crippen LogP contribution in [0, 0.1) is 6.67 Å². The first kappa shape index (κ1) is 15.4. The molecule has 0 saturated heterocycles. The molecule has 5 nitrogen and oxygen atoms in total. The van der Waals surface area contributed by atoms with Crippen molar-refractivity contribution < 1.29 is 0 Å². The number of rotatable bonds is 5. The van der Waals surface area contributed by atoms with E-state index in [1.54, 1.807) is 6.20 Å². The van der Waals surface area contributed by atoms with Crippen molar-refractivity contribution in [2.45, 2.75) is 13.1 Å². The molecule has 0 saturated carbocycles. The monoisotopic (exact) mass is 329 g/mol. The van der Waals surface area contributed by atoms with Gasteiger partial charge in [0.2, 0.25) is 6.67 Å². The van der Waals surface area contributed by atoms with Gasteiger partial charge in [-0.1, -0.05) is 65.9 Å². The second kappa shape index (κ2) is 6.81. The van der Waals surface area contributed by atoms with E-state index in [1.807, 2.05) is 40.9 Å². The lowest BCUT2D eigenvalue weighted by Gasteiger charge is -2.17. The predicted octanol–water partition coefficient (Wildman–Crippen LogP) is 3.07. The largest absolute Gasteiger partial charge is 0.341 e. The van der Waals surface area contributed by atoms with Gasteiger partial charge < -0.3 is 9.80 Å². The molecule has 0 amide bonds. The lowest BCUT2D eigenvalue weighted by molar-refractivity contribution is 0.378. The Morgan fingerprint density at radius 3 is 2.20 bits per heavy atom. The van der Waals surface area contributed by atoms with E-state index in [0.717, 1.165) is 17.9 Å². The quantitative estimate of drug-likeness (QED) is 0.721. The first-order valence-electron chi connectivity index (χ1n) is 8.25. The third kappa shape index (κ3) is 3.40. The molecule has 0 bridgehead atoms. The second-order valence-electron chi connectivity index (χ2n) is 6.05. The Hall–Kier alpha value is -3.08. The minimum Gasteiger partial charge on any atom is -0.341 e. The van der Waals surface area contributed by atoms with E-state index in [2.05, 4.69) is 64.5 Å². The number of nitrogens with zero attached hydrogens (tertiary/aromatic N) is 5. The van der Waals surface area contributed by atoms with Gasteiger partial charge in [0.05, 0.1) is 18.4 Å². The van der Waals surface area contributed by atoms with Crippen molar-refractivity contribution in [3.8, 4) is 0 Å². The van der Waals surface area contributed by atoms with Gasteiger partial charge in [0.25, 0.3) is 0 Å². The van der Waals surface area contributed by atoms with E-state index in [-0.39, 0.29) is 0 Å². The third-order valence-electron chi connectivity index (χ3n) is 4.17. The van der Waals surface area contributed by atoms with Crippen LogP contribution in [0.3, 0.4) is 0 Å². The first-order chi connectivity index (χ1) is 12.3. The molecule has 1 aromatic heterocycles. The Morgan fingerprint density at radius 1 is 0.880 bits per heavy atom. The van der Waals surface area contributed by atoms with Crippen LogP contribution in [-0.4, -0.2) is 31.8 Å². The molecule has 1 aliphatic heterocycles. The van der Waals surface area contributed by atoms with Crippen LogP contribution in [0.4, 0.5) is 0 Å². The van der Waals surface area contributed by atoms with Gasteiger partial charge in [0, 0.05) is 19.8 Å². The molecule has 0 unspecified atom stereocenters. The molecule has 2 radical (unpaired) electrons.